The molecule has 1 saturated carbocycles. The van der Waals surface area contributed by atoms with Gasteiger partial charge < -0.3 is 14.5 Å². The predicted octanol–water partition coefficient (Wildman–Crippen LogP) is 3.32. The summed E-state index contributed by atoms with van der Waals surface area (Å²) in [5.74, 6) is 3.13. The van der Waals surface area contributed by atoms with Crippen LogP contribution in [0.25, 0.3) is 0 Å². The number of methoxy groups -OCH3 is 1. The lowest BCUT2D eigenvalue weighted by molar-refractivity contribution is -0.132. The maximum absolute atomic E-state index is 12.9. The van der Waals surface area contributed by atoms with E-state index < -0.39 is 0 Å². The molecule has 2 fully saturated rings. The van der Waals surface area contributed by atoms with Gasteiger partial charge in [0.2, 0.25) is 5.91 Å². The number of piperazine rings is 1. The number of hydrogen-bond acceptors (Lipinski definition) is 4. The predicted molar refractivity (Wildman–Crippen MR) is 106 cm³/mol. The van der Waals surface area contributed by atoms with Crippen LogP contribution in [-0.2, 0) is 4.79 Å². The van der Waals surface area contributed by atoms with Crippen molar-refractivity contribution in [3.8, 4) is 5.75 Å². The van der Waals surface area contributed by atoms with Gasteiger partial charge in [0.15, 0.2) is 0 Å². The van der Waals surface area contributed by atoms with Crippen LogP contribution in [0.5, 0.6) is 5.75 Å². The molecule has 2 aromatic rings. The Morgan fingerprint density at radius 1 is 1.11 bits per heavy atom. The summed E-state index contributed by atoms with van der Waals surface area (Å²) in [6, 6.07) is 14.2. The summed E-state index contributed by atoms with van der Waals surface area (Å²) >= 11 is 0. The minimum absolute atomic E-state index is 0.281. The maximum atomic E-state index is 12.9. The van der Waals surface area contributed by atoms with E-state index in [-0.39, 0.29) is 5.91 Å². The molecule has 1 aliphatic carbocycles. The number of rotatable bonds is 6. The van der Waals surface area contributed by atoms with Crippen molar-refractivity contribution in [3.63, 3.8) is 0 Å². The van der Waals surface area contributed by atoms with Crippen molar-refractivity contribution in [2.45, 2.75) is 25.2 Å². The lowest BCUT2D eigenvalue weighted by Crippen LogP contribution is -2.49. The summed E-state index contributed by atoms with van der Waals surface area (Å²) in [6.45, 7) is 3.24. The van der Waals surface area contributed by atoms with E-state index in [0.717, 1.165) is 37.7 Å². The minimum atomic E-state index is 0.281. The Balaban J connectivity index is 1.36. The highest BCUT2D eigenvalue weighted by Gasteiger charge is 2.35. The van der Waals surface area contributed by atoms with E-state index in [2.05, 4.69) is 22.0 Å². The number of carbonyl (C=O) groups is 1. The molecule has 2 heterocycles. The quantitative estimate of drug-likeness (QED) is 0.788. The highest BCUT2D eigenvalue weighted by atomic mass is 16.5. The largest absolute Gasteiger partial charge is 0.497 e. The third kappa shape index (κ3) is 4.24. The molecule has 1 unspecified atom stereocenters. The minimum Gasteiger partial charge on any atom is -0.497 e. The first-order chi connectivity index (χ1) is 13.2. The number of pyridine rings is 1. The van der Waals surface area contributed by atoms with E-state index in [1.54, 1.807) is 7.11 Å². The number of hydrogen-bond donors (Lipinski definition) is 0. The van der Waals surface area contributed by atoms with Crippen LogP contribution in [0.3, 0.4) is 0 Å². The number of ether oxygens (including phenoxy) is 1. The van der Waals surface area contributed by atoms with Gasteiger partial charge in [-0.2, -0.15) is 0 Å². The number of carbonyl (C=O) groups excluding carboxylic acids is 1. The molecule has 2 aliphatic rings. The molecule has 0 spiro atoms. The van der Waals surface area contributed by atoms with Crippen molar-refractivity contribution in [2.24, 2.45) is 5.92 Å². The molecule has 1 saturated heterocycles. The molecule has 1 aromatic carbocycles. The van der Waals surface area contributed by atoms with Gasteiger partial charge in [-0.05, 0) is 54.5 Å². The second-order valence-corrected chi connectivity index (χ2v) is 7.48. The summed E-state index contributed by atoms with van der Waals surface area (Å²) in [4.78, 5) is 21.6. The zero-order chi connectivity index (χ0) is 18.6. The van der Waals surface area contributed by atoms with Gasteiger partial charge in [-0.25, -0.2) is 4.98 Å². The van der Waals surface area contributed by atoms with Gasteiger partial charge in [-0.15, -0.1) is 0 Å². The molecule has 5 nitrogen and oxygen atoms in total. The summed E-state index contributed by atoms with van der Waals surface area (Å²) in [5.41, 5.74) is 1.26. The summed E-state index contributed by atoms with van der Waals surface area (Å²) < 4.78 is 5.26. The molecule has 1 aliphatic heterocycles. The van der Waals surface area contributed by atoms with E-state index in [0.29, 0.717) is 18.3 Å². The van der Waals surface area contributed by atoms with E-state index in [1.165, 1.54) is 18.4 Å². The normalized spacial score (nSPS) is 18.3. The smallest absolute Gasteiger partial charge is 0.223 e. The Kier molecular flexibility index (Phi) is 5.28. The molecule has 1 aromatic heterocycles. The maximum Gasteiger partial charge on any atom is 0.223 e. The van der Waals surface area contributed by atoms with Crippen molar-refractivity contribution in [1.82, 2.24) is 9.88 Å². The molecule has 142 valence electrons. The topological polar surface area (TPSA) is 45.7 Å². The second kappa shape index (κ2) is 7.99. The van der Waals surface area contributed by atoms with Gasteiger partial charge >= 0.3 is 0 Å². The third-order valence-corrected chi connectivity index (χ3v) is 5.74. The van der Waals surface area contributed by atoms with Crippen LogP contribution in [0.15, 0.2) is 48.7 Å². The fourth-order valence-corrected chi connectivity index (χ4v) is 3.95. The summed E-state index contributed by atoms with van der Waals surface area (Å²) in [5, 5.41) is 0. The van der Waals surface area contributed by atoms with Crippen LogP contribution in [0.4, 0.5) is 5.82 Å². The molecule has 1 atom stereocenters. The van der Waals surface area contributed by atoms with Crippen LogP contribution in [0.1, 0.15) is 30.7 Å². The Hall–Kier alpha value is -2.56. The Bertz CT molecular complexity index is 751. The van der Waals surface area contributed by atoms with Gasteiger partial charge in [0, 0.05) is 38.8 Å². The molecule has 1 amide bonds. The van der Waals surface area contributed by atoms with Crippen LogP contribution in [-0.4, -0.2) is 49.1 Å². The van der Waals surface area contributed by atoms with Crippen molar-refractivity contribution in [2.75, 3.05) is 38.2 Å². The van der Waals surface area contributed by atoms with Gasteiger partial charge in [0.05, 0.1) is 7.11 Å². The number of amides is 1. The SMILES string of the molecule is COc1ccc(C(CC(=O)N2CCN(c3ccccn3)CC2)C2CC2)cc1. The summed E-state index contributed by atoms with van der Waals surface area (Å²) in [6.07, 6.45) is 4.90. The van der Waals surface area contributed by atoms with E-state index >= 15 is 0 Å². The van der Waals surface area contributed by atoms with Crippen molar-refractivity contribution in [3.05, 3.63) is 54.2 Å². The molecule has 0 radical (unpaired) electrons. The lowest BCUT2D eigenvalue weighted by atomic mass is 9.90. The highest BCUT2D eigenvalue weighted by Crippen LogP contribution is 2.45. The zero-order valence-corrected chi connectivity index (χ0v) is 15.9. The van der Waals surface area contributed by atoms with Crippen LogP contribution in [0, 0.1) is 5.92 Å². The highest BCUT2D eigenvalue weighted by molar-refractivity contribution is 5.77. The summed E-state index contributed by atoms with van der Waals surface area (Å²) in [7, 11) is 1.68. The number of anilines is 1. The lowest BCUT2D eigenvalue weighted by Gasteiger charge is -2.36. The Morgan fingerprint density at radius 3 is 2.44 bits per heavy atom. The van der Waals surface area contributed by atoms with Gasteiger partial charge in [0.25, 0.3) is 0 Å². The van der Waals surface area contributed by atoms with Crippen LogP contribution < -0.4 is 9.64 Å². The van der Waals surface area contributed by atoms with Crippen molar-refractivity contribution < 1.29 is 9.53 Å². The average Bonchev–Trinajstić information content (AvgIpc) is 3.58. The average molecular weight is 365 g/mol. The van der Waals surface area contributed by atoms with Gasteiger partial charge in [-0.1, -0.05) is 18.2 Å². The molecule has 5 heteroatoms. The first-order valence-electron chi connectivity index (χ1n) is 9.82. The fraction of sp³-hybridized carbons (Fsp3) is 0.455. The zero-order valence-electron chi connectivity index (χ0n) is 15.9. The molecule has 0 bridgehead atoms. The van der Waals surface area contributed by atoms with Gasteiger partial charge in [-0.3, -0.25) is 4.79 Å². The molecule has 0 N–H and O–H groups in total. The third-order valence-electron chi connectivity index (χ3n) is 5.74. The first kappa shape index (κ1) is 17.8. The van der Waals surface area contributed by atoms with Crippen LogP contribution >= 0.6 is 0 Å². The van der Waals surface area contributed by atoms with Crippen molar-refractivity contribution in [1.29, 1.82) is 0 Å². The van der Waals surface area contributed by atoms with E-state index in [4.69, 9.17) is 4.74 Å². The molecule has 27 heavy (non-hydrogen) atoms. The Morgan fingerprint density at radius 2 is 1.85 bits per heavy atom. The molecular formula is C22H27N3O2. The Labute approximate surface area is 161 Å². The van der Waals surface area contributed by atoms with Crippen LogP contribution in [0.2, 0.25) is 0 Å². The van der Waals surface area contributed by atoms with Crippen molar-refractivity contribution >= 4 is 11.7 Å². The second-order valence-electron chi connectivity index (χ2n) is 7.48. The van der Waals surface area contributed by atoms with E-state index in [1.807, 2.05) is 41.4 Å². The van der Waals surface area contributed by atoms with E-state index in [9.17, 15) is 4.79 Å². The molecular weight excluding hydrogens is 338 g/mol. The number of nitrogens with zero attached hydrogens (tertiary/aromatic N) is 3. The fourth-order valence-electron chi connectivity index (χ4n) is 3.95. The number of benzene rings is 1. The molecule has 4 rings (SSSR count). The standard InChI is InChI=1S/C22H27N3O2/c1-27-19-9-7-18(8-10-19)20(17-5-6-17)16-22(26)25-14-12-24(13-15-25)21-4-2-3-11-23-21/h2-4,7-11,17,20H,5-6,12-16H2,1H3. The number of aromatic nitrogens is 1. The van der Waals surface area contributed by atoms with Gasteiger partial charge in [0.1, 0.15) is 11.6 Å². The monoisotopic (exact) mass is 365 g/mol. The first-order valence-corrected chi connectivity index (χ1v) is 9.82.